The molecule has 3 aromatic rings. The molecule has 5 rings (SSSR count). The van der Waals surface area contributed by atoms with Crippen LogP contribution in [-0.2, 0) is 13.6 Å². The number of aryl methyl sites for hydroxylation is 1. The molecule has 28 heavy (non-hydrogen) atoms. The molecule has 1 saturated heterocycles. The van der Waals surface area contributed by atoms with Crippen LogP contribution in [-0.4, -0.2) is 42.6 Å². The van der Waals surface area contributed by atoms with E-state index in [-0.39, 0.29) is 17.6 Å². The summed E-state index contributed by atoms with van der Waals surface area (Å²) in [7, 11) is 1.88. The highest BCUT2D eigenvalue weighted by Crippen LogP contribution is 2.32. The van der Waals surface area contributed by atoms with Crippen LogP contribution in [0.25, 0.3) is 11.2 Å². The standard InChI is InChI=1S/C21H25N5O2/c1-23-11-4-7-18(23)20(27)24-12-3-5-16(14-24)26-19-17(6-2-10-22-19)25(21(26)28)13-15-8-9-15/h2,4,6-7,10-11,15-16H,3,5,8-9,12-14H2,1H3/t16-/m0/s1. The van der Waals surface area contributed by atoms with Crippen LogP contribution in [0.3, 0.4) is 0 Å². The van der Waals surface area contributed by atoms with E-state index in [1.165, 1.54) is 12.8 Å². The highest BCUT2D eigenvalue weighted by Gasteiger charge is 2.31. The number of likely N-dealkylation sites (tertiary alicyclic amines) is 1. The van der Waals surface area contributed by atoms with Crippen LogP contribution in [0.4, 0.5) is 0 Å². The van der Waals surface area contributed by atoms with E-state index in [0.29, 0.717) is 18.2 Å². The third-order valence-electron chi connectivity index (χ3n) is 6.07. The van der Waals surface area contributed by atoms with Crippen LogP contribution in [0.1, 0.15) is 42.2 Å². The van der Waals surface area contributed by atoms with Gasteiger partial charge in [0.1, 0.15) is 5.69 Å². The van der Waals surface area contributed by atoms with Crippen molar-refractivity contribution in [2.75, 3.05) is 13.1 Å². The number of fused-ring (bicyclic) bond motifs is 1. The van der Waals surface area contributed by atoms with E-state index in [1.807, 2.05) is 56.1 Å². The van der Waals surface area contributed by atoms with Crippen LogP contribution in [0, 0.1) is 5.92 Å². The van der Waals surface area contributed by atoms with Crippen LogP contribution in [0.5, 0.6) is 0 Å². The lowest BCUT2D eigenvalue weighted by atomic mass is 10.0. The molecule has 1 atom stereocenters. The summed E-state index contributed by atoms with van der Waals surface area (Å²) in [6, 6.07) is 7.57. The Labute approximate surface area is 163 Å². The summed E-state index contributed by atoms with van der Waals surface area (Å²) in [5.74, 6) is 0.638. The maximum Gasteiger partial charge on any atom is 0.330 e. The number of amides is 1. The van der Waals surface area contributed by atoms with Gasteiger partial charge in [-0.2, -0.15) is 0 Å². The zero-order chi connectivity index (χ0) is 19.3. The maximum absolute atomic E-state index is 13.3. The predicted octanol–water partition coefficient (Wildman–Crippen LogP) is 2.42. The Hall–Kier alpha value is -2.83. The van der Waals surface area contributed by atoms with E-state index < -0.39 is 0 Å². The van der Waals surface area contributed by atoms with Gasteiger partial charge in [0.15, 0.2) is 5.65 Å². The number of imidazole rings is 1. The van der Waals surface area contributed by atoms with Crippen molar-refractivity contribution in [2.45, 2.75) is 38.3 Å². The molecular formula is C21H25N5O2. The smallest absolute Gasteiger partial charge is 0.330 e. The minimum absolute atomic E-state index is 0.0127. The predicted molar refractivity (Wildman–Crippen MR) is 106 cm³/mol. The van der Waals surface area contributed by atoms with Gasteiger partial charge in [0, 0.05) is 39.1 Å². The Morgan fingerprint density at radius 2 is 2.07 bits per heavy atom. The number of aromatic nitrogens is 4. The molecule has 1 aliphatic heterocycles. The summed E-state index contributed by atoms with van der Waals surface area (Å²) in [5, 5.41) is 0. The molecule has 0 radical (unpaired) electrons. The third-order valence-corrected chi connectivity index (χ3v) is 6.07. The highest BCUT2D eigenvalue weighted by molar-refractivity contribution is 5.92. The average Bonchev–Trinajstić information content (AvgIpc) is 3.37. The zero-order valence-corrected chi connectivity index (χ0v) is 16.1. The van der Waals surface area contributed by atoms with Gasteiger partial charge in [-0.3, -0.25) is 13.9 Å². The number of hydrogen-bond donors (Lipinski definition) is 0. The van der Waals surface area contributed by atoms with Gasteiger partial charge in [0.25, 0.3) is 5.91 Å². The molecule has 2 fully saturated rings. The average molecular weight is 379 g/mol. The number of carbonyl (C=O) groups excluding carboxylic acids is 1. The minimum Gasteiger partial charge on any atom is -0.347 e. The molecule has 3 aromatic heterocycles. The maximum atomic E-state index is 13.3. The summed E-state index contributed by atoms with van der Waals surface area (Å²) >= 11 is 0. The van der Waals surface area contributed by atoms with Gasteiger partial charge in [0.2, 0.25) is 0 Å². The van der Waals surface area contributed by atoms with Gasteiger partial charge >= 0.3 is 5.69 Å². The van der Waals surface area contributed by atoms with Crippen molar-refractivity contribution < 1.29 is 4.79 Å². The topological polar surface area (TPSA) is 65.1 Å². The second kappa shape index (κ2) is 6.65. The van der Waals surface area contributed by atoms with E-state index in [2.05, 4.69) is 4.98 Å². The van der Waals surface area contributed by atoms with E-state index in [1.54, 1.807) is 6.20 Å². The van der Waals surface area contributed by atoms with Crippen molar-refractivity contribution in [1.82, 2.24) is 23.6 Å². The lowest BCUT2D eigenvalue weighted by Crippen LogP contribution is -2.43. The molecule has 146 valence electrons. The van der Waals surface area contributed by atoms with Gasteiger partial charge in [-0.25, -0.2) is 9.78 Å². The first-order chi connectivity index (χ1) is 13.6. The summed E-state index contributed by atoms with van der Waals surface area (Å²) in [6.45, 7) is 2.04. The fraction of sp³-hybridized carbons (Fsp3) is 0.476. The molecule has 7 heteroatoms. The second-order valence-corrected chi connectivity index (χ2v) is 8.10. The first kappa shape index (κ1) is 17.3. The van der Waals surface area contributed by atoms with Crippen molar-refractivity contribution in [3.63, 3.8) is 0 Å². The number of nitrogens with zero attached hydrogens (tertiary/aromatic N) is 5. The molecule has 1 saturated carbocycles. The summed E-state index contributed by atoms with van der Waals surface area (Å²) in [4.78, 5) is 32.7. The Morgan fingerprint density at radius 1 is 1.21 bits per heavy atom. The van der Waals surface area contributed by atoms with E-state index in [0.717, 1.165) is 37.1 Å². The molecule has 7 nitrogen and oxygen atoms in total. The molecule has 0 N–H and O–H groups in total. The van der Waals surface area contributed by atoms with Crippen molar-refractivity contribution in [3.8, 4) is 0 Å². The minimum atomic E-state index is -0.0386. The molecule has 4 heterocycles. The normalized spacial score (nSPS) is 20.0. The lowest BCUT2D eigenvalue weighted by molar-refractivity contribution is 0.0669. The van der Waals surface area contributed by atoms with Crippen molar-refractivity contribution >= 4 is 17.1 Å². The zero-order valence-electron chi connectivity index (χ0n) is 16.1. The SMILES string of the molecule is Cn1cccc1C(=O)N1CCC[C@H](n2c(=O)n(CC3CC3)c3cccnc32)C1. The Balaban J connectivity index is 1.49. The summed E-state index contributed by atoms with van der Waals surface area (Å²) in [5.41, 5.74) is 2.35. The number of pyridine rings is 1. The molecular weight excluding hydrogens is 354 g/mol. The van der Waals surface area contributed by atoms with Gasteiger partial charge in [-0.1, -0.05) is 0 Å². The molecule has 2 aliphatic rings. The molecule has 0 bridgehead atoms. The number of piperidine rings is 1. The fourth-order valence-corrected chi connectivity index (χ4v) is 4.37. The van der Waals surface area contributed by atoms with Crippen molar-refractivity contribution in [3.05, 3.63) is 52.8 Å². The molecule has 1 aliphatic carbocycles. The monoisotopic (exact) mass is 379 g/mol. The van der Waals surface area contributed by atoms with Crippen LogP contribution >= 0.6 is 0 Å². The lowest BCUT2D eigenvalue weighted by Gasteiger charge is -2.33. The van der Waals surface area contributed by atoms with Gasteiger partial charge in [-0.15, -0.1) is 0 Å². The van der Waals surface area contributed by atoms with E-state index >= 15 is 0 Å². The Kier molecular flexibility index (Phi) is 4.10. The van der Waals surface area contributed by atoms with Gasteiger partial charge in [0.05, 0.1) is 11.6 Å². The number of carbonyl (C=O) groups is 1. The third kappa shape index (κ3) is 2.85. The van der Waals surface area contributed by atoms with Crippen LogP contribution in [0.15, 0.2) is 41.5 Å². The first-order valence-corrected chi connectivity index (χ1v) is 10.1. The van der Waals surface area contributed by atoms with Crippen molar-refractivity contribution in [2.24, 2.45) is 13.0 Å². The van der Waals surface area contributed by atoms with E-state index in [4.69, 9.17) is 0 Å². The molecule has 1 amide bonds. The number of hydrogen-bond acceptors (Lipinski definition) is 3. The molecule has 0 unspecified atom stereocenters. The van der Waals surface area contributed by atoms with Gasteiger partial charge < -0.3 is 9.47 Å². The van der Waals surface area contributed by atoms with Crippen LogP contribution < -0.4 is 5.69 Å². The largest absolute Gasteiger partial charge is 0.347 e. The fourth-order valence-electron chi connectivity index (χ4n) is 4.37. The van der Waals surface area contributed by atoms with Gasteiger partial charge in [-0.05, 0) is 55.9 Å². The quantitative estimate of drug-likeness (QED) is 0.699. The Bertz CT molecular complexity index is 1090. The summed E-state index contributed by atoms with van der Waals surface area (Å²) < 4.78 is 5.57. The van der Waals surface area contributed by atoms with E-state index in [9.17, 15) is 9.59 Å². The molecule has 0 spiro atoms. The number of rotatable bonds is 4. The second-order valence-electron chi connectivity index (χ2n) is 8.10. The highest BCUT2D eigenvalue weighted by atomic mass is 16.2. The van der Waals surface area contributed by atoms with Crippen LogP contribution in [0.2, 0.25) is 0 Å². The Morgan fingerprint density at radius 3 is 2.82 bits per heavy atom. The first-order valence-electron chi connectivity index (χ1n) is 10.1. The van der Waals surface area contributed by atoms with Crippen molar-refractivity contribution in [1.29, 1.82) is 0 Å². The molecule has 0 aromatic carbocycles. The summed E-state index contributed by atoms with van der Waals surface area (Å²) in [6.07, 6.45) is 7.79.